The fourth-order valence-corrected chi connectivity index (χ4v) is 2.33. The van der Waals surface area contributed by atoms with E-state index < -0.39 is 11.6 Å². The van der Waals surface area contributed by atoms with Gasteiger partial charge in [-0.1, -0.05) is 26.7 Å². The molecule has 0 bridgehead atoms. The fraction of sp³-hybridized carbons (Fsp3) is 0.600. The van der Waals surface area contributed by atoms with Crippen LogP contribution in [0.15, 0.2) is 18.2 Å². The molecular weight excluding hydrogens is 234 g/mol. The van der Waals surface area contributed by atoms with Crippen LogP contribution in [0, 0.1) is 17.0 Å². The SMILES string of the molecule is CCCCC(CC)(CO)Cc1cc(F)cc(F)c1. The molecule has 0 aromatic heterocycles. The normalized spacial score (nSPS) is 14.5. The van der Waals surface area contributed by atoms with Crippen LogP contribution in [0.1, 0.15) is 45.1 Å². The molecule has 0 spiro atoms. The molecule has 18 heavy (non-hydrogen) atoms. The highest BCUT2D eigenvalue weighted by molar-refractivity contribution is 5.19. The largest absolute Gasteiger partial charge is 0.396 e. The highest BCUT2D eigenvalue weighted by atomic mass is 19.1. The quantitative estimate of drug-likeness (QED) is 0.779. The lowest BCUT2D eigenvalue weighted by Gasteiger charge is -2.31. The van der Waals surface area contributed by atoms with Crippen LogP contribution >= 0.6 is 0 Å². The van der Waals surface area contributed by atoms with Gasteiger partial charge in [0.25, 0.3) is 0 Å². The van der Waals surface area contributed by atoms with Gasteiger partial charge in [-0.05, 0) is 42.4 Å². The predicted molar refractivity (Wildman–Crippen MR) is 69.4 cm³/mol. The molecule has 1 N–H and O–H groups in total. The summed E-state index contributed by atoms with van der Waals surface area (Å²) in [6.07, 6.45) is 4.29. The Morgan fingerprint density at radius 2 is 1.72 bits per heavy atom. The minimum atomic E-state index is -0.552. The molecule has 0 aliphatic rings. The topological polar surface area (TPSA) is 20.2 Å². The molecule has 0 aliphatic heterocycles. The highest BCUT2D eigenvalue weighted by Crippen LogP contribution is 2.33. The first-order valence-electron chi connectivity index (χ1n) is 6.61. The number of benzene rings is 1. The average Bonchev–Trinajstić information content (AvgIpc) is 2.33. The zero-order chi connectivity index (χ0) is 13.6. The first kappa shape index (κ1) is 15.1. The molecule has 0 amide bonds. The third-order valence-corrected chi connectivity index (χ3v) is 3.65. The Bertz CT molecular complexity index is 353. The van der Waals surface area contributed by atoms with E-state index in [1.165, 1.54) is 12.1 Å². The first-order valence-corrected chi connectivity index (χ1v) is 6.61. The molecule has 1 rings (SSSR count). The maximum atomic E-state index is 13.2. The number of rotatable bonds is 7. The third-order valence-electron chi connectivity index (χ3n) is 3.65. The lowest BCUT2D eigenvalue weighted by Crippen LogP contribution is -2.27. The van der Waals surface area contributed by atoms with Gasteiger partial charge in [-0.2, -0.15) is 0 Å². The smallest absolute Gasteiger partial charge is 0.126 e. The van der Waals surface area contributed by atoms with Gasteiger partial charge in [-0.25, -0.2) is 8.78 Å². The highest BCUT2D eigenvalue weighted by Gasteiger charge is 2.27. The average molecular weight is 256 g/mol. The minimum Gasteiger partial charge on any atom is -0.396 e. The summed E-state index contributed by atoms with van der Waals surface area (Å²) in [7, 11) is 0. The molecule has 0 radical (unpaired) electrons. The fourth-order valence-electron chi connectivity index (χ4n) is 2.33. The third kappa shape index (κ3) is 4.05. The summed E-state index contributed by atoms with van der Waals surface area (Å²) in [6.45, 7) is 4.17. The Hall–Kier alpha value is -0.960. The van der Waals surface area contributed by atoms with Crippen LogP contribution in [0.4, 0.5) is 8.78 Å². The number of aliphatic hydroxyl groups is 1. The summed E-state index contributed by atoms with van der Waals surface area (Å²) in [5.74, 6) is -1.10. The van der Waals surface area contributed by atoms with Crippen LogP contribution in [0.5, 0.6) is 0 Å². The van der Waals surface area contributed by atoms with Crippen molar-refractivity contribution in [3.63, 3.8) is 0 Å². The predicted octanol–water partition coefficient (Wildman–Crippen LogP) is 4.09. The van der Waals surface area contributed by atoms with Gasteiger partial charge in [-0.15, -0.1) is 0 Å². The first-order chi connectivity index (χ1) is 8.55. The van der Waals surface area contributed by atoms with Crippen LogP contribution in [-0.4, -0.2) is 11.7 Å². The van der Waals surface area contributed by atoms with E-state index in [1.807, 2.05) is 6.92 Å². The van der Waals surface area contributed by atoms with Gasteiger partial charge in [0.2, 0.25) is 0 Å². The zero-order valence-electron chi connectivity index (χ0n) is 11.2. The maximum absolute atomic E-state index is 13.2. The van der Waals surface area contributed by atoms with E-state index in [0.29, 0.717) is 12.0 Å². The second-order valence-electron chi connectivity index (χ2n) is 5.07. The van der Waals surface area contributed by atoms with Crippen molar-refractivity contribution in [2.75, 3.05) is 6.61 Å². The lowest BCUT2D eigenvalue weighted by molar-refractivity contribution is 0.107. The van der Waals surface area contributed by atoms with Crippen LogP contribution < -0.4 is 0 Å². The second kappa shape index (κ2) is 6.83. The van der Waals surface area contributed by atoms with E-state index in [4.69, 9.17) is 0 Å². The molecule has 0 saturated heterocycles. The van der Waals surface area contributed by atoms with Gasteiger partial charge < -0.3 is 5.11 Å². The molecule has 1 nitrogen and oxygen atoms in total. The van der Waals surface area contributed by atoms with Crippen LogP contribution in [0.25, 0.3) is 0 Å². The van der Waals surface area contributed by atoms with E-state index in [-0.39, 0.29) is 12.0 Å². The summed E-state index contributed by atoms with van der Waals surface area (Å²) in [4.78, 5) is 0. The molecule has 0 heterocycles. The number of unbranched alkanes of at least 4 members (excludes halogenated alkanes) is 1. The van der Waals surface area contributed by atoms with E-state index in [9.17, 15) is 13.9 Å². The molecule has 1 aromatic carbocycles. The van der Waals surface area contributed by atoms with E-state index in [1.54, 1.807) is 0 Å². The molecule has 1 atom stereocenters. The Morgan fingerprint density at radius 3 is 2.17 bits per heavy atom. The summed E-state index contributed by atoms with van der Waals surface area (Å²) in [6, 6.07) is 3.59. The molecule has 0 aliphatic carbocycles. The summed E-state index contributed by atoms with van der Waals surface area (Å²) < 4.78 is 26.3. The minimum absolute atomic E-state index is 0.0572. The molecule has 3 heteroatoms. The molecule has 102 valence electrons. The summed E-state index contributed by atoms with van der Waals surface area (Å²) in [5, 5.41) is 9.62. The Morgan fingerprint density at radius 1 is 1.11 bits per heavy atom. The van der Waals surface area contributed by atoms with Crippen LogP contribution in [0.3, 0.4) is 0 Å². The molecule has 0 saturated carbocycles. The van der Waals surface area contributed by atoms with Crippen molar-refractivity contribution < 1.29 is 13.9 Å². The number of halogens is 2. The molecular formula is C15H22F2O. The van der Waals surface area contributed by atoms with Crippen LogP contribution in [0.2, 0.25) is 0 Å². The van der Waals surface area contributed by atoms with Gasteiger partial charge in [0.05, 0.1) is 0 Å². The van der Waals surface area contributed by atoms with Gasteiger partial charge in [-0.3, -0.25) is 0 Å². The van der Waals surface area contributed by atoms with Gasteiger partial charge in [0.15, 0.2) is 0 Å². The molecule has 1 aromatic rings. The van der Waals surface area contributed by atoms with Crippen molar-refractivity contribution in [3.8, 4) is 0 Å². The van der Waals surface area contributed by atoms with Crippen molar-refractivity contribution in [1.29, 1.82) is 0 Å². The Balaban J connectivity index is 2.88. The van der Waals surface area contributed by atoms with Crippen molar-refractivity contribution in [2.45, 2.75) is 46.0 Å². The Kier molecular flexibility index (Phi) is 5.73. The van der Waals surface area contributed by atoms with Gasteiger partial charge in [0.1, 0.15) is 11.6 Å². The van der Waals surface area contributed by atoms with Crippen molar-refractivity contribution in [1.82, 2.24) is 0 Å². The van der Waals surface area contributed by atoms with E-state index in [2.05, 4.69) is 6.92 Å². The summed E-state index contributed by atoms with van der Waals surface area (Å²) in [5.41, 5.74) is 0.371. The number of aliphatic hydroxyl groups excluding tert-OH is 1. The maximum Gasteiger partial charge on any atom is 0.126 e. The Labute approximate surface area is 108 Å². The monoisotopic (exact) mass is 256 g/mol. The lowest BCUT2D eigenvalue weighted by atomic mass is 9.76. The number of hydrogen-bond donors (Lipinski definition) is 1. The van der Waals surface area contributed by atoms with Gasteiger partial charge >= 0.3 is 0 Å². The van der Waals surface area contributed by atoms with Crippen molar-refractivity contribution in [3.05, 3.63) is 35.4 Å². The van der Waals surface area contributed by atoms with E-state index >= 15 is 0 Å². The molecule has 1 unspecified atom stereocenters. The van der Waals surface area contributed by atoms with E-state index in [0.717, 1.165) is 31.7 Å². The van der Waals surface area contributed by atoms with Crippen molar-refractivity contribution in [2.24, 2.45) is 5.41 Å². The van der Waals surface area contributed by atoms with Crippen molar-refractivity contribution >= 4 is 0 Å². The van der Waals surface area contributed by atoms with Gasteiger partial charge in [0, 0.05) is 12.7 Å². The van der Waals surface area contributed by atoms with Crippen LogP contribution in [-0.2, 0) is 6.42 Å². The zero-order valence-corrected chi connectivity index (χ0v) is 11.2. The standard InChI is InChI=1S/C15H22F2O/c1-3-5-6-15(4-2,11-18)10-12-7-13(16)9-14(17)8-12/h7-9,18H,3-6,10-11H2,1-2H3. The second-order valence-corrected chi connectivity index (χ2v) is 5.07. The number of hydrogen-bond acceptors (Lipinski definition) is 1. The summed E-state index contributed by atoms with van der Waals surface area (Å²) >= 11 is 0. The molecule has 0 fully saturated rings.